The van der Waals surface area contributed by atoms with Crippen molar-refractivity contribution in [1.29, 1.82) is 0 Å². The molecule has 2 atom stereocenters. The van der Waals surface area contributed by atoms with Crippen LogP contribution in [0.3, 0.4) is 0 Å². The average Bonchev–Trinajstić information content (AvgIpc) is 2.61. The first-order valence-electron chi connectivity index (χ1n) is 5.88. The second-order valence-electron chi connectivity index (χ2n) is 4.91. The lowest BCUT2D eigenvalue weighted by atomic mass is 9.87. The molecule has 0 aromatic rings. The highest BCUT2D eigenvalue weighted by atomic mass is 32.2. The SMILES string of the molecule is CSC1CCCC1NC1(CC(=O)O)CNC1. The zero-order valence-corrected chi connectivity index (χ0v) is 10.5. The van der Waals surface area contributed by atoms with Crippen LogP contribution < -0.4 is 10.6 Å². The minimum absolute atomic E-state index is 0.186. The van der Waals surface area contributed by atoms with Crippen molar-refractivity contribution in [3.8, 4) is 0 Å². The first-order chi connectivity index (χ1) is 7.65. The zero-order chi connectivity index (χ0) is 11.6. The molecule has 0 amide bonds. The van der Waals surface area contributed by atoms with Crippen LogP contribution in [-0.4, -0.2) is 47.3 Å². The van der Waals surface area contributed by atoms with Crippen LogP contribution in [0.1, 0.15) is 25.7 Å². The first kappa shape index (κ1) is 12.2. The molecule has 16 heavy (non-hydrogen) atoms. The van der Waals surface area contributed by atoms with E-state index in [2.05, 4.69) is 16.9 Å². The molecule has 2 fully saturated rings. The summed E-state index contributed by atoms with van der Waals surface area (Å²) >= 11 is 1.90. The fraction of sp³-hybridized carbons (Fsp3) is 0.909. The van der Waals surface area contributed by atoms with Crippen LogP contribution in [0.4, 0.5) is 0 Å². The van der Waals surface area contributed by atoms with E-state index in [-0.39, 0.29) is 12.0 Å². The molecule has 0 radical (unpaired) electrons. The van der Waals surface area contributed by atoms with Crippen molar-refractivity contribution < 1.29 is 9.90 Å². The van der Waals surface area contributed by atoms with Gasteiger partial charge in [-0.15, -0.1) is 0 Å². The first-order valence-corrected chi connectivity index (χ1v) is 7.17. The van der Waals surface area contributed by atoms with Crippen molar-refractivity contribution in [2.75, 3.05) is 19.3 Å². The van der Waals surface area contributed by atoms with Crippen LogP contribution in [0.2, 0.25) is 0 Å². The standard InChI is InChI=1S/C11H20N2O2S/c1-16-9-4-2-3-8(9)13-11(5-10(14)15)6-12-7-11/h8-9,12-13H,2-7H2,1H3,(H,14,15). The predicted octanol–water partition coefficient (Wildman–Crippen LogP) is 0.677. The zero-order valence-electron chi connectivity index (χ0n) is 9.66. The molecule has 92 valence electrons. The molecule has 2 aliphatic rings. The van der Waals surface area contributed by atoms with Crippen molar-refractivity contribution in [3.63, 3.8) is 0 Å². The van der Waals surface area contributed by atoms with E-state index >= 15 is 0 Å². The summed E-state index contributed by atoms with van der Waals surface area (Å²) in [6.45, 7) is 1.58. The van der Waals surface area contributed by atoms with Gasteiger partial charge in [-0.2, -0.15) is 11.8 Å². The second kappa shape index (κ2) is 4.94. The maximum absolute atomic E-state index is 10.9. The van der Waals surface area contributed by atoms with Crippen molar-refractivity contribution >= 4 is 17.7 Å². The number of thioether (sulfide) groups is 1. The number of carboxylic acid groups (broad SMARTS) is 1. The number of aliphatic carboxylic acids is 1. The van der Waals surface area contributed by atoms with Crippen molar-refractivity contribution in [3.05, 3.63) is 0 Å². The summed E-state index contributed by atoms with van der Waals surface area (Å²) in [4.78, 5) is 10.9. The van der Waals surface area contributed by atoms with E-state index in [0.29, 0.717) is 11.3 Å². The molecule has 0 spiro atoms. The normalized spacial score (nSPS) is 32.3. The maximum Gasteiger partial charge on any atom is 0.305 e. The Balaban J connectivity index is 1.93. The second-order valence-corrected chi connectivity index (χ2v) is 5.99. The number of carboxylic acids is 1. The Kier molecular flexibility index (Phi) is 3.77. The number of carbonyl (C=O) groups is 1. The lowest BCUT2D eigenvalue weighted by Crippen LogP contribution is -2.70. The Morgan fingerprint density at radius 2 is 2.31 bits per heavy atom. The molecule has 0 aromatic carbocycles. The molecule has 1 heterocycles. The van der Waals surface area contributed by atoms with E-state index in [1.54, 1.807) is 0 Å². The quantitative estimate of drug-likeness (QED) is 0.664. The monoisotopic (exact) mass is 244 g/mol. The topological polar surface area (TPSA) is 61.4 Å². The van der Waals surface area contributed by atoms with Gasteiger partial charge in [0.15, 0.2) is 0 Å². The minimum Gasteiger partial charge on any atom is -0.481 e. The molecule has 1 aliphatic carbocycles. The number of hydrogen-bond donors (Lipinski definition) is 3. The average molecular weight is 244 g/mol. The van der Waals surface area contributed by atoms with Gasteiger partial charge in [0.25, 0.3) is 0 Å². The van der Waals surface area contributed by atoms with Gasteiger partial charge in [0, 0.05) is 24.4 Å². The van der Waals surface area contributed by atoms with E-state index in [4.69, 9.17) is 5.11 Å². The van der Waals surface area contributed by atoms with E-state index in [0.717, 1.165) is 13.1 Å². The Morgan fingerprint density at radius 1 is 1.56 bits per heavy atom. The molecule has 2 rings (SSSR count). The van der Waals surface area contributed by atoms with Gasteiger partial charge in [-0.1, -0.05) is 6.42 Å². The van der Waals surface area contributed by atoms with Crippen molar-refractivity contribution in [1.82, 2.24) is 10.6 Å². The highest BCUT2D eigenvalue weighted by Crippen LogP contribution is 2.31. The van der Waals surface area contributed by atoms with Gasteiger partial charge >= 0.3 is 5.97 Å². The van der Waals surface area contributed by atoms with Crippen LogP contribution in [0.15, 0.2) is 0 Å². The minimum atomic E-state index is -0.701. The third-order valence-electron chi connectivity index (χ3n) is 3.66. The molecule has 1 saturated carbocycles. The Labute approximate surface area is 101 Å². The maximum atomic E-state index is 10.9. The van der Waals surface area contributed by atoms with Crippen LogP contribution in [0.25, 0.3) is 0 Å². The Bertz CT molecular complexity index is 269. The Hall–Kier alpha value is -0.260. The molecule has 1 aliphatic heterocycles. The van der Waals surface area contributed by atoms with Crippen molar-refractivity contribution in [2.24, 2.45) is 0 Å². The predicted molar refractivity (Wildman–Crippen MR) is 65.9 cm³/mol. The fourth-order valence-corrected chi connectivity index (χ4v) is 3.70. The molecule has 0 bridgehead atoms. The van der Waals surface area contributed by atoms with Gasteiger partial charge in [0.2, 0.25) is 0 Å². The molecule has 5 heteroatoms. The van der Waals surface area contributed by atoms with Gasteiger partial charge in [-0.25, -0.2) is 0 Å². The van der Waals surface area contributed by atoms with E-state index in [9.17, 15) is 4.79 Å². The summed E-state index contributed by atoms with van der Waals surface area (Å²) < 4.78 is 0. The van der Waals surface area contributed by atoms with Crippen LogP contribution in [0, 0.1) is 0 Å². The lowest BCUT2D eigenvalue weighted by molar-refractivity contribution is -0.139. The molecule has 0 aromatic heterocycles. The van der Waals surface area contributed by atoms with Crippen LogP contribution >= 0.6 is 11.8 Å². The van der Waals surface area contributed by atoms with Gasteiger partial charge in [0.05, 0.1) is 12.0 Å². The van der Waals surface area contributed by atoms with Crippen LogP contribution in [-0.2, 0) is 4.79 Å². The van der Waals surface area contributed by atoms with Gasteiger partial charge < -0.3 is 15.7 Å². The summed E-state index contributed by atoms with van der Waals surface area (Å²) in [5.74, 6) is -0.701. The molecule has 4 nitrogen and oxygen atoms in total. The third-order valence-corrected chi connectivity index (χ3v) is 4.83. The van der Waals surface area contributed by atoms with Gasteiger partial charge in [-0.05, 0) is 19.1 Å². The van der Waals surface area contributed by atoms with E-state index in [1.807, 2.05) is 11.8 Å². The van der Waals surface area contributed by atoms with Crippen LogP contribution in [0.5, 0.6) is 0 Å². The summed E-state index contributed by atoms with van der Waals surface area (Å²) in [7, 11) is 0. The highest BCUT2D eigenvalue weighted by molar-refractivity contribution is 7.99. The molecular weight excluding hydrogens is 224 g/mol. The summed E-state index contributed by atoms with van der Waals surface area (Å²) in [6.07, 6.45) is 6.09. The van der Waals surface area contributed by atoms with Crippen molar-refractivity contribution in [2.45, 2.75) is 42.5 Å². The van der Waals surface area contributed by atoms with Gasteiger partial charge in [-0.3, -0.25) is 4.79 Å². The highest BCUT2D eigenvalue weighted by Gasteiger charge is 2.42. The molecule has 1 saturated heterocycles. The summed E-state index contributed by atoms with van der Waals surface area (Å²) in [5.41, 5.74) is -0.186. The molecular formula is C11H20N2O2S. The largest absolute Gasteiger partial charge is 0.481 e. The Morgan fingerprint density at radius 3 is 2.81 bits per heavy atom. The van der Waals surface area contributed by atoms with Gasteiger partial charge in [0.1, 0.15) is 0 Å². The molecule has 2 unspecified atom stereocenters. The summed E-state index contributed by atoms with van der Waals surface area (Å²) in [5, 5.41) is 16.4. The number of hydrogen-bond acceptors (Lipinski definition) is 4. The van der Waals surface area contributed by atoms with E-state index in [1.165, 1.54) is 19.3 Å². The lowest BCUT2D eigenvalue weighted by Gasteiger charge is -2.45. The fourth-order valence-electron chi connectivity index (χ4n) is 2.76. The summed E-state index contributed by atoms with van der Waals surface area (Å²) in [6, 6.07) is 0.497. The smallest absolute Gasteiger partial charge is 0.305 e. The molecule has 3 N–H and O–H groups in total. The van der Waals surface area contributed by atoms with E-state index < -0.39 is 5.97 Å². The third kappa shape index (κ3) is 2.52. The number of rotatable bonds is 5. The number of nitrogens with one attached hydrogen (secondary N) is 2.